The Hall–Kier alpha value is -2.24. The third kappa shape index (κ3) is 4.10. The second-order valence-corrected chi connectivity index (χ2v) is 8.29. The maximum Gasteiger partial charge on any atom is 0.0646 e. The van der Waals surface area contributed by atoms with E-state index in [-0.39, 0.29) is 0 Å². The summed E-state index contributed by atoms with van der Waals surface area (Å²) in [5, 5.41) is 0. The molecule has 138 valence electrons. The molecule has 0 aliphatic rings. The van der Waals surface area contributed by atoms with Gasteiger partial charge in [0.25, 0.3) is 0 Å². The molecule has 0 amide bonds. The van der Waals surface area contributed by atoms with E-state index in [9.17, 15) is 0 Å². The SMILES string of the molecule is CSc1ccc(N(I)c2ccc(-c3ccccc3)cc2-c2ccccc2)cc1. The summed E-state index contributed by atoms with van der Waals surface area (Å²) in [7, 11) is 0. The minimum absolute atomic E-state index is 1.17. The van der Waals surface area contributed by atoms with Gasteiger partial charge in [-0.05, 0) is 59.3 Å². The number of thioether (sulfide) groups is 1. The molecule has 28 heavy (non-hydrogen) atoms. The first-order chi connectivity index (χ1) is 13.8. The number of hydrogen-bond acceptors (Lipinski definition) is 2. The van der Waals surface area contributed by atoms with Crippen molar-refractivity contribution in [1.29, 1.82) is 0 Å². The van der Waals surface area contributed by atoms with E-state index in [0.717, 1.165) is 0 Å². The first kappa shape index (κ1) is 19.1. The van der Waals surface area contributed by atoms with Crippen molar-refractivity contribution in [2.24, 2.45) is 0 Å². The van der Waals surface area contributed by atoms with Gasteiger partial charge in [0.05, 0.1) is 34.2 Å². The molecule has 0 heterocycles. The van der Waals surface area contributed by atoms with Crippen molar-refractivity contribution < 1.29 is 0 Å². The summed E-state index contributed by atoms with van der Waals surface area (Å²) >= 11 is 4.17. The number of nitrogens with zero attached hydrogens (tertiary/aromatic N) is 1. The Bertz CT molecular complexity index is 1050. The van der Waals surface area contributed by atoms with E-state index in [1.54, 1.807) is 11.8 Å². The molecule has 3 heteroatoms. The first-order valence-corrected chi connectivity index (χ1v) is 11.3. The maximum absolute atomic E-state index is 2.40. The molecule has 0 aliphatic heterocycles. The second-order valence-electron chi connectivity index (χ2n) is 6.44. The van der Waals surface area contributed by atoms with E-state index < -0.39 is 0 Å². The Kier molecular flexibility index (Phi) is 6.03. The average molecular weight is 493 g/mol. The van der Waals surface area contributed by atoms with E-state index in [2.05, 4.69) is 135 Å². The van der Waals surface area contributed by atoms with Gasteiger partial charge in [0, 0.05) is 10.5 Å². The second kappa shape index (κ2) is 8.84. The van der Waals surface area contributed by atoms with Crippen LogP contribution in [0.1, 0.15) is 0 Å². The Balaban J connectivity index is 1.81. The summed E-state index contributed by atoms with van der Waals surface area (Å²) in [6, 6.07) is 36.6. The molecule has 0 radical (unpaired) electrons. The van der Waals surface area contributed by atoms with Gasteiger partial charge >= 0.3 is 0 Å². The topological polar surface area (TPSA) is 3.24 Å². The molecule has 4 aromatic carbocycles. The highest BCUT2D eigenvalue weighted by molar-refractivity contribution is 14.1. The normalized spacial score (nSPS) is 10.6. The van der Waals surface area contributed by atoms with E-state index in [1.807, 2.05) is 0 Å². The zero-order valence-corrected chi connectivity index (χ0v) is 18.5. The van der Waals surface area contributed by atoms with Gasteiger partial charge in [0.2, 0.25) is 0 Å². The zero-order valence-electron chi connectivity index (χ0n) is 15.5. The van der Waals surface area contributed by atoms with Crippen molar-refractivity contribution in [3.8, 4) is 22.3 Å². The molecule has 4 aromatic rings. The fourth-order valence-electron chi connectivity index (χ4n) is 3.22. The van der Waals surface area contributed by atoms with E-state index in [4.69, 9.17) is 0 Å². The van der Waals surface area contributed by atoms with Gasteiger partial charge in [-0.1, -0.05) is 66.7 Å². The highest BCUT2D eigenvalue weighted by Crippen LogP contribution is 2.40. The van der Waals surface area contributed by atoms with Crippen LogP contribution in [0.5, 0.6) is 0 Å². The maximum atomic E-state index is 2.40. The molecule has 4 rings (SSSR count). The van der Waals surface area contributed by atoms with E-state index >= 15 is 0 Å². The molecule has 0 aliphatic carbocycles. The minimum atomic E-state index is 1.17. The van der Waals surface area contributed by atoms with Gasteiger partial charge in [0.1, 0.15) is 0 Å². The molecular weight excluding hydrogens is 473 g/mol. The predicted molar refractivity (Wildman–Crippen MR) is 132 cm³/mol. The predicted octanol–water partition coefficient (Wildman–Crippen LogP) is 8.23. The van der Waals surface area contributed by atoms with Crippen molar-refractivity contribution in [2.75, 3.05) is 9.37 Å². The largest absolute Gasteiger partial charge is 0.282 e. The smallest absolute Gasteiger partial charge is 0.0646 e. The van der Waals surface area contributed by atoms with Gasteiger partial charge in [-0.2, -0.15) is 0 Å². The van der Waals surface area contributed by atoms with Gasteiger partial charge in [0.15, 0.2) is 0 Å². The summed E-state index contributed by atoms with van der Waals surface area (Å²) in [5.41, 5.74) is 7.26. The lowest BCUT2D eigenvalue weighted by Crippen LogP contribution is -2.03. The monoisotopic (exact) mass is 493 g/mol. The molecule has 0 saturated heterocycles. The van der Waals surface area contributed by atoms with Crippen LogP contribution in [0.25, 0.3) is 22.3 Å². The number of anilines is 2. The van der Waals surface area contributed by atoms with Gasteiger partial charge in [-0.3, -0.25) is 3.11 Å². The number of hydrogen-bond donors (Lipinski definition) is 0. The standard InChI is InChI=1S/C25H20INS/c1-28-23-15-13-22(14-16-23)27(26)25-17-12-21(19-8-4-2-5-9-19)18-24(25)20-10-6-3-7-11-20/h2-18H,1H3. The summed E-state index contributed by atoms with van der Waals surface area (Å²) < 4.78 is 2.24. The molecule has 0 bridgehead atoms. The van der Waals surface area contributed by atoms with Gasteiger partial charge < -0.3 is 0 Å². The molecule has 0 atom stereocenters. The summed E-state index contributed by atoms with van der Waals surface area (Å²) in [6.45, 7) is 0. The molecular formula is C25H20INS. The quantitative estimate of drug-likeness (QED) is 0.157. The zero-order chi connectivity index (χ0) is 19.3. The van der Waals surface area contributed by atoms with Crippen molar-refractivity contribution in [3.05, 3.63) is 103 Å². The fraction of sp³-hybridized carbons (Fsp3) is 0.0400. The Morgan fingerprint density at radius 1 is 0.643 bits per heavy atom. The van der Waals surface area contributed by atoms with Crippen LogP contribution in [0.3, 0.4) is 0 Å². The molecule has 0 unspecified atom stereocenters. The van der Waals surface area contributed by atoms with Crippen molar-refractivity contribution in [1.82, 2.24) is 0 Å². The van der Waals surface area contributed by atoms with Crippen LogP contribution < -0.4 is 3.11 Å². The van der Waals surface area contributed by atoms with Crippen LogP contribution in [0.15, 0.2) is 108 Å². The number of benzene rings is 4. The Morgan fingerprint density at radius 2 is 1.25 bits per heavy atom. The van der Waals surface area contributed by atoms with Crippen molar-refractivity contribution in [3.63, 3.8) is 0 Å². The molecule has 0 fully saturated rings. The molecule has 0 saturated carbocycles. The summed E-state index contributed by atoms with van der Waals surface area (Å²) in [6.07, 6.45) is 2.10. The van der Waals surface area contributed by atoms with Crippen molar-refractivity contribution in [2.45, 2.75) is 4.90 Å². The Morgan fingerprint density at radius 3 is 1.86 bits per heavy atom. The third-order valence-electron chi connectivity index (χ3n) is 4.70. The summed E-state index contributed by atoms with van der Waals surface area (Å²) in [4.78, 5) is 1.27. The Labute approximate surface area is 184 Å². The first-order valence-electron chi connectivity index (χ1n) is 9.11. The van der Waals surface area contributed by atoms with Crippen LogP contribution in [0.2, 0.25) is 0 Å². The summed E-state index contributed by atoms with van der Waals surface area (Å²) in [5.74, 6) is 0. The van der Waals surface area contributed by atoms with Gasteiger partial charge in [-0.25, -0.2) is 0 Å². The van der Waals surface area contributed by atoms with Crippen LogP contribution in [0.4, 0.5) is 11.4 Å². The van der Waals surface area contributed by atoms with Crippen molar-refractivity contribution >= 4 is 46.0 Å². The molecule has 0 N–H and O–H groups in total. The minimum Gasteiger partial charge on any atom is -0.282 e. The molecule has 0 spiro atoms. The highest BCUT2D eigenvalue weighted by Gasteiger charge is 2.14. The van der Waals surface area contributed by atoms with Crippen LogP contribution >= 0.6 is 34.6 Å². The lowest BCUT2D eigenvalue weighted by molar-refractivity contribution is 1.41. The molecule has 1 nitrogen and oxygen atoms in total. The van der Waals surface area contributed by atoms with E-state index in [1.165, 1.54) is 38.5 Å². The van der Waals surface area contributed by atoms with Crippen LogP contribution in [-0.4, -0.2) is 6.26 Å². The number of rotatable bonds is 5. The number of halogens is 1. The van der Waals surface area contributed by atoms with Crippen LogP contribution in [-0.2, 0) is 0 Å². The lowest BCUT2D eigenvalue weighted by atomic mass is 9.97. The third-order valence-corrected chi connectivity index (χ3v) is 6.52. The van der Waals surface area contributed by atoms with E-state index in [0.29, 0.717) is 0 Å². The average Bonchev–Trinajstić information content (AvgIpc) is 2.79. The van der Waals surface area contributed by atoms with Gasteiger partial charge in [-0.15, -0.1) is 11.8 Å². The molecule has 0 aromatic heterocycles. The fourth-order valence-corrected chi connectivity index (χ4v) is 4.37. The highest BCUT2D eigenvalue weighted by atomic mass is 127. The lowest BCUT2D eigenvalue weighted by Gasteiger charge is -2.22. The van der Waals surface area contributed by atoms with Crippen LogP contribution in [0, 0.1) is 0 Å².